The third-order valence-electron chi connectivity index (χ3n) is 3.29. The van der Waals surface area contributed by atoms with E-state index < -0.39 is 31.1 Å². The van der Waals surface area contributed by atoms with Gasteiger partial charge in [0.1, 0.15) is 9.84 Å². The van der Waals surface area contributed by atoms with Crippen LogP contribution in [0.15, 0.2) is 0 Å². The zero-order chi connectivity index (χ0) is 15.4. The zero-order valence-electron chi connectivity index (χ0n) is 11.7. The van der Waals surface area contributed by atoms with E-state index in [-0.39, 0.29) is 43.9 Å². The summed E-state index contributed by atoms with van der Waals surface area (Å²) in [6, 6.07) is 0. The molecule has 0 N–H and O–H groups in total. The molecule has 0 spiro atoms. The van der Waals surface area contributed by atoms with Crippen LogP contribution in [0.25, 0.3) is 0 Å². The summed E-state index contributed by atoms with van der Waals surface area (Å²) in [5.41, 5.74) is 0. The molecule has 9 heteroatoms. The molecule has 0 radical (unpaired) electrons. The largest absolute Gasteiger partial charge is 0.466 e. The van der Waals surface area contributed by atoms with Crippen LogP contribution in [0.5, 0.6) is 0 Å². The lowest BCUT2D eigenvalue weighted by Gasteiger charge is -2.26. The van der Waals surface area contributed by atoms with Gasteiger partial charge in [-0.1, -0.05) is 0 Å². The number of ether oxygens (including phenoxy) is 1. The van der Waals surface area contributed by atoms with E-state index in [1.807, 2.05) is 0 Å². The Balaban J connectivity index is 2.58. The molecule has 0 saturated carbocycles. The number of carbonyl (C=O) groups is 1. The monoisotopic (exact) mass is 327 g/mol. The van der Waals surface area contributed by atoms with E-state index in [1.165, 1.54) is 7.05 Å². The Morgan fingerprint density at radius 3 is 2.35 bits per heavy atom. The van der Waals surface area contributed by atoms with Crippen molar-refractivity contribution in [2.45, 2.75) is 31.4 Å². The first-order valence-corrected chi connectivity index (χ1v) is 9.82. The first-order valence-electron chi connectivity index (χ1n) is 6.50. The molecule has 7 nitrogen and oxygen atoms in total. The number of nitrogens with zero attached hydrogens (tertiary/aromatic N) is 1. The van der Waals surface area contributed by atoms with Gasteiger partial charge in [0.15, 0.2) is 0 Å². The molecule has 0 aromatic heterocycles. The Morgan fingerprint density at radius 2 is 1.85 bits per heavy atom. The van der Waals surface area contributed by atoms with Crippen molar-refractivity contribution in [3.05, 3.63) is 0 Å². The van der Waals surface area contributed by atoms with Crippen molar-refractivity contribution in [2.75, 3.05) is 31.7 Å². The number of sulfone groups is 1. The van der Waals surface area contributed by atoms with Gasteiger partial charge in [-0.3, -0.25) is 4.79 Å². The molecule has 0 aromatic rings. The van der Waals surface area contributed by atoms with E-state index in [2.05, 4.69) is 0 Å². The van der Waals surface area contributed by atoms with Gasteiger partial charge in [0.25, 0.3) is 0 Å². The van der Waals surface area contributed by atoms with Gasteiger partial charge in [-0.25, -0.2) is 21.1 Å². The second-order valence-electron chi connectivity index (χ2n) is 4.77. The van der Waals surface area contributed by atoms with E-state index in [4.69, 9.17) is 4.74 Å². The summed E-state index contributed by atoms with van der Waals surface area (Å²) >= 11 is 0. The fourth-order valence-corrected chi connectivity index (χ4v) is 5.51. The van der Waals surface area contributed by atoms with Crippen molar-refractivity contribution in [1.82, 2.24) is 4.31 Å². The van der Waals surface area contributed by atoms with Gasteiger partial charge in [-0.15, -0.1) is 0 Å². The van der Waals surface area contributed by atoms with Crippen LogP contribution in [-0.2, 0) is 29.4 Å². The fourth-order valence-electron chi connectivity index (χ4n) is 2.03. The molecule has 1 fully saturated rings. The minimum absolute atomic E-state index is 0.00537. The van der Waals surface area contributed by atoms with Crippen molar-refractivity contribution >= 4 is 25.8 Å². The van der Waals surface area contributed by atoms with Crippen LogP contribution < -0.4 is 0 Å². The van der Waals surface area contributed by atoms with Crippen molar-refractivity contribution < 1.29 is 26.4 Å². The molecule has 0 aliphatic carbocycles. The second-order valence-corrected chi connectivity index (χ2v) is 9.40. The Labute approximate surface area is 120 Å². The van der Waals surface area contributed by atoms with Crippen LogP contribution in [0.3, 0.4) is 0 Å². The lowest BCUT2D eigenvalue weighted by atomic mass is 10.2. The fraction of sp³-hybridized carbons (Fsp3) is 0.909. The minimum atomic E-state index is -3.56. The molecule has 0 bridgehead atoms. The molecule has 0 unspecified atom stereocenters. The van der Waals surface area contributed by atoms with Crippen molar-refractivity contribution in [3.8, 4) is 0 Å². The third-order valence-corrected chi connectivity index (χ3v) is 7.37. The first kappa shape index (κ1) is 17.4. The number of sulfonamides is 1. The molecule has 118 valence electrons. The highest BCUT2D eigenvalue weighted by Crippen LogP contribution is 2.21. The SMILES string of the molecule is CCOC(=O)CCN(C)S(=O)(=O)C1CCS(=O)(=O)CC1. The average molecular weight is 327 g/mol. The summed E-state index contributed by atoms with van der Waals surface area (Å²) < 4.78 is 53.0. The van der Waals surface area contributed by atoms with Gasteiger partial charge in [-0.2, -0.15) is 0 Å². The van der Waals surface area contributed by atoms with E-state index >= 15 is 0 Å². The number of hydrogen-bond donors (Lipinski definition) is 0. The van der Waals surface area contributed by atoms with Crippen LogP contribution in [0, 0.1) is 0 Å². The normalized spacial score (nSPS) is 19.9. The second kappa shape index (κ2) is 6.86. The lowest BCUT2D eigenvalue weighted by Crippen LogP contribution is -2.41. The molecule has 0 amide bonds. The van der Waals surface area contributed by atoms with Gasteiger partial charge in [0, 0.05) is 13.6 Å². The van der Waals surface area contributed by atoms with Crippen LogP contribution in [-0.4, -0.2) is 64.1 Å². The Hall–Kier alpha value is -0.670. The molecule has 1 saturated heterocycles. The molecular weight excluding hydrogens is 306 g/mol. The van der Waals surface area contributed by atoms with E-state index in [1.54, 1.807) is 6.92 Å². The topological polar surface area (TPSA) is 97.8 Å². The average Bonchev–Trinajstić information content (AvgIpc) is 2.35. The number of hydrogen-bond acceptors (Lipinski definition) is 6. The smallest absolute Gasteiger partial charge is 0.307 e. The van der Waals surface area contributed by atoms with E-state index in [9.17, 15) is 21.6 Å². The molecule has 20 heavy (non-hydrogen) atoms. The molecule has 1 aliphatic heterocycles. The Bertz CT molecular complexity index is 525. The van der Waals surface area contributed by atoms with Crippen LogP contribution in [0.4, 0.5) is 0 Å². The van der Waals surface area contributed by atoms with Crippen LogP contribution in [0.2, 0.25) is 0 Å². The van der Waals surface area contributed by atoms with Gasteiger partial charge >= 0.3 is 5.97 Å². The molecule has 1 heterocycles. The Morgan fingerprint density at radius 1 is 1.30 bits per heavy atom. The van der Waals surface area contributed by atoms with Crippen LogP contribution in [0.1, 0.15) is 26.2 Å². The maximum Gasteiger partial charge on any atom is 0.307 e. The summed E-state index contributed by atoms with van der Waals surface area (Å²) in [5.74, 6) is -0.633. The van der Waals surface area contributed by atoms with Crippen molar-refractivity contribution in [3.63, 3.8) is 0 Å². The van der Waals surface area contributed by atoms with Crippen molar-refractivity contribution in [1.29, 1.82) is 0 Å². The van der Waals surface area contributed by atoms with Crippen LogP contribution >= 0.6 is 0 Å². The number of esters is 1. The highest BCUT2D eigenvalue weighted by molar-refractivity contribution is 7.92. The first-order chi connectivity index (χ1) is 9.19. The minimum Gasteiger partial charge on any atom is -0.466 e. The molecule has 0 aromatic carbocycles. The van der Waals surface area contributed by atoms with Gasteiger partial charge in [0.05, 0.1) is 29.8 Å². The maximum absolute atomic E-state index is 12.2. The Kier molecular flexibility index (Phi) is 5.96. The van der Waals surface area contributed by atoms with E-state index in [0.717, 1.165) is 4.31 Å². The summed E-state index contributed by atoms with van der Waals surface area (Å²) in [4.78, 5) is 11.2. The van der Waals surface area contributed by atoms with Crippen molar-refractivity contribution in [2.24, 2.45) is 0 Å². The predicted molar refractivity (Wildman–Crippen MR) is 74.5 cm³/mol. The van der Waals surface area contributed by atoms with Gasteiger partial charge in [0.2, 0.25) is 10.0 Å². The predicted octanol–water partition coefficient (Wildman–Crippen LogP) is -0.222. The number of rotatable bonds is 6. The zero-order valence-corrected chi connectivity index (χ0v) is 13.4. The summed E-state index contributed by atoms with van der Waals surface area (Å²) in [6.45, 7) is 1.99. The standard InChI is InChI=1S/C11H21NO6S2/c1-3-18-11(13)4-7-12(2)20(16,17)10-5-8-19(14,15)9-6-10/h10H,3-9H2,1-2H3. The molecular formula is C11H21NO6S2. The maximum atomic E-state index is 12.2. The third kappa shape index (κ3) is 4.71. The summed E-state index contributed by atoms with van der Waals surface area (Å²) in [6.07, 6.45) is 0.234. The summed E-state index contributed by atoms with van der Waals surface area (Å²) in [5, 5.41) is -0.682. The van der Waals surface area contributed by atoms with E-state index in [0.29, 0.717) is 0 Å². The lowest BCUT2D eigenvalue weighted by molar-refractivity contribution is -0.143. The molecule has 1 aliphatic rings. The molecule has 1 rings (SSSR count). The quantitative estimate of drug-likeness (QED) is 0.626. The summed E-state index contributed by atoms with van der Waals surface area (Å²) in [7, 11) is -5.25. The highest BCUT2D eigenvalue weighted by atomic mass is 32.2. The van der Waals surface area contributed by atoms with Gasteiger partial charge < -0.3 is 4.74 Å². The molecule has 0 atom stereocenters. The highest BCUT2D eigenvalue weighted by Gasteiger charge is 2.35. The van der Waals surface area contributed by atoms with Gasteiger partial charge in [-0.05, 0) is 19.8 Å². The number of carbonyl (C=O) groups excluding carboxylic acids is 1.